The van der Waals surface area contributed by atoms with Crippen molar-refractivity contribution in [3.63, 3.8) is 0 Å². The number of anilines is 2. The van der Waals surface area contributed by atoms with E-state index in [1.807, 2.05) is 6.07 Å². The fourth-order valence-corrected chi connectivity index (χ4v) is 5.08. The predicted octanol–water partition coefficient (Wildman–Crippen LogP) is 6.80. The van der Waals surface area contributed by atoms with Crippen LogP contribution in [0.4, 0.5) is 20.3 Å². The number of carbonyl (C=O) groups excluding carboxylic acids is 1. The number of rotatable bonds is 10. The van der Waals surface area contributed by atoms with Crippen LogP contribution >= 0.6 is 0 Å². The lowest BCUT2D eigenvalue weighted by atomic mass is 9.66. The van der Waals surface area contributed by atoms with E-state index in [1.165, 1.54) is 25.3 Å². The first kappa shape index (κ1) is 26.3. The minimum Gasteiger partial charge on any atom is -0.444 e. The lowest BCUT2D eigenvalue weighted by Crippen LogP contribution is -2.30. The molecule has 8 nitrogen and oxygen atoms in total. The molecule has 0 aliphatic heterocycles. The average Bonchev–Trinajstić information content (AvgIpc) is 3.43. The summed E-state index contributed by atoms with van der Waals surface area (Å²) in [6, 6.07) is 3.55. The molecule has 0 atom stereocenters. The van der Waals surface area contributed by atoms with Crippen molar-refractivity contribution in [3.05, 3.63) is 42.2 Å². The Balaban J connectivity index is 1.23. The number of aromatic nitrogens is 4. The molecule has 3 aromatic rings. The highest BCUT2D eigenvalue weighted by molar-refractivity contribution is 6.03. The first-order chi connectivity index (χ1) is 18.2. The van der Waals surface area contributed by atoms with Gasteiger partial charge in [-0.3, -0.25) is 9.48 Å². The van der Waals surface area contributed by atoms with Crippen LogP contribution in [0.25, 0.3) is 11.5 Å². The predicted molar refractivity (Wildman–Crippen MR) is 141 cm³/mol. The van der Waals surface area contributed by atoms with Gasteiger partial charge in [0.15, 0.2) is 11.4 Å². The molecule has 0 spiro atoms. The first-order valence-electron chi connectivity index (χ1n) is 13.5. The van der Waals surface area contributed by atoms with E-state index >= 15 is 0 Å². The molecule has 0 saturated heterocycles. The van der Waals surface area contributed by atoms with Crippen molar-refractivity contribution in [1.29, 1.82) is 0 Å². The van der Waals surface area contributed by atoms with Crippen molar-refractivity contribution in [2.24, 2.45) is 23.2 Å². The van der Waals surface area contributed by atoms with Gasteiger partial charge in [-0.25, -0.2) is 18.7 Å². The fourth-order valence-electron chi connectivity index (χ4n) is 5.08. The number of nitrogens with zero attached hydrogens (tertiary/aromatic N) is 4. The quantitative estimate of drug-likeness (QED) is 0.302. The second-order valence-electron chi connectivity index (χ2n) is 11.4. The van der Waals surface area contributed by atoms with Crippen LogP contribution in [-0.4, -0.2) is 32.2 Å². The van der Waals surface area contributed by atoms with Gasteiger partial charge in [0.25, 0.3) is 12.3 Å². The fraction of sp³-hybridized carbons (Fsp3) is 0.571. The van der Waals surface area contributed by atoms with Gasteiger partial charge in [-0.05, 0) is 73.8 Å². The van der Waals surface area contributed by atoms with Gasteiger partial charge in [0.05, 0.1) is 5.69 Å². The number of carbonyl (C=O) groups is 1. The molecule has 2 aliphatic rings. The Morgan fingerprint density at radius 3 is 2.66 bits per heavy atom. The van der Waals surface area contributed by atoms with Crippen LogP contribution in [0.15, 0.2) is 35.2 Å². The van der Waals surface area contributed by atoms with Gasteiger partial charge in [0.2, 0.25) is 5.89 Å². The summed E-state index contributed by atoms with van der Waals surface area (Å²) in [5.41, 5.74) is 0.546. The summed E-state index contributed by atoms with van der Waals surface area (Å²) >= 11 is 0. The van der Waals surface area contributed by atoms with Crippen molar-refractivity contribution < 1.29 is 18.0 Å². The maximum Gasteiger partial charge on any atom is 0.284 e. The molecule has 1 amide bonds. The zero-order valence-electron chi connectivity index (χ0n) is 22.2. The number of oxazole rings is 1. The third-order valence-electron chi connectivity index (χ3n) is 8.34. The normalized spacial score (nSPS) is 21.7. The van der Waals surface area contributed by atoms with Crippen molar-refractivity contribution in [2.75, 3.05) is 17.2 Å². The average molecular weight is 527 g/mol. The molecule has 2 saturated carbocycles. The monoisotopic (exact) mass is 526 g/mol. The second-order valence-corrected chi connectivity index (χ2v) is 11.4. The minimum absolute atomic E-state index is 0.00230. The largest absolute Gasteiger partial charge is 0.444 e. The molecule has 3 aromatic heterocycles. The smallest absolute Gasteiger partial charge is 0.284 e. The summed E-state index contributed by atoms with van der Waals surface area (Å²) in [5, 5.41) is 9.97. The van der Waals surface area contributed by atoms with Gasteiger partial charge < -0.3 is 15.1 Å². The number of alkyl halides is 2. The summed E-state index contributed by atoms with van der Waals surface area (Å²) in [4.78, 5) is 21.5. The van der Waals surface area contributed by atoms with Crippen LogP contribution in [0.2, 0.25) is 0 Å². The Bertz CT molecular complexity index is 1260. The summed E-state index contributed by atoms with van der Waals surface area (Å²) in [5.74, 6) is 2.01. The molecular weight excluding hydrogens is 490 g/mol. The molecule has 2 aliphatic carbocycles. The van der Waals surface area contributed by atoms with Crippen LogP contribution in [0.1, 0.15) is 81.9 Å². The maximum atomic E-state index is 13.8. The number of halogens is 2. The second kappa shape index (κ2) is 10.8. The third kappa shape index (κ3) is 6.05. The van der Waals surface area contributed by atoms with Crippen molar-refractivity contribution in [3.8, 4) is 11.5 Å². The van der Waals surface area contributed by atoms with Crippen molar-refractivity contribution >= 4 is 17.4 Å². The summed E-state index contributed by atoms with van der Waals surface area (Å²) in [6.45, 7) is 8.28. The number of hydrogen-bond donors (Lipinski definition) is 2. The van der Waals surface area contributed by atoms with E-state index in [0.717, 1.165) is 32.2 Å². The zero-order valence-corrected chi connectivity index (χ0v) is 22.2. The molecule has 10 heteroatoms. The van der Waals surface area contributed by atoms with Gasteiger partial charge in [-0.1, -0.05) is 20.8 Å². The van der Waals surface area contributed by atoms with E-state index in [9.17, 15) is 13.6 Å². The van der Waals surface area contributed by atoms with Crippen molar-refractivity contribution in [2.45, 2.75) is 72.3 Å². The van der Waals surface area contributed by atoms with Crippen LogP contribution in [0.5, 0.6) is 0 Å². The van der Waals surface area contributed by atoms with Gasteiger partial charge in [0.1, 0.15) is 12.1 Å². The minimum atomic E-state index is -2.81. The van der Waals surface area contributed by atoms with E-state index in [4.69, 9.17) is 4.42 Å². The molecule has 0 bridgehead atoms. The standard InChI is InChI=1S/C28H36F2N6O2/c1-17(2)28(3)9-6-19(7-10-28)14-36-15-21(24(35-36)25(29)30)33-26(37)22-16-38-27(34-22)20-8-11-31-23(12-20)32-13-18-4-5-18/h8,11-12,15-19,25H,4-7,9-10,13-14H2,1-3H3,(H,31,32)(H,33,37). The molecule has 3 heterocycles. The van der Waals surface area contributed by atoms with Gasteiger partial charge in [-0.15, -0.1) is 0 Å². The number of amides is 1. The molecular formula is C28H36F2N6O2. The molecule has 38 heavy (non-hydrogen) atoms. The van der Waals surface area contributed by atoms with E-state index in [1.54, 1.807) is 16.9 Å². The molecule has 2 N–H and O–H groups in total. The highest BCUT2D eigenvalue weighted by Crippen LogP contribution is 2.44. The Morgan fingerprint density at radius 1 is 1.21 bits per heavy atom. The molecule has 5 rings (SSSR count). The van der Waals surface area contributed by atoms with Gasteiger partial charge in [-0.2, -0.15) is 5.10 Å². The SMILES string of the molecule is CC(C)C1(C)CCC(Cn2cc(NC(=O)c3coc(-c4ccnc(NCC5CC5)c4)n3)c(C(F)F)n2)CC1. The highest BCUT2D eigenvalue weighted by atomic mass is 19.3. The Hall–Kier alpha value is -3.30. The molecule has 0 aromatic carbocycles. The topological polar surface area (TPSA) is 97.9 Å². The van der Waals surface area contributed by atoms with E-state index in [-0.39, 0.29) is 17.3 Å². The Morgan fingerprint density at radius 2 is 1.97 bits per heavy atom. The highest BCUT2D eigenvalue weighted by Gasteiger charge is 2.34. The summed E-state index contributed by atoms with van der Waals surface area (Å²) in [7, 11) is 0. The van der Waals surface area contributed by atoms with E-state index in [0.29, 0.717) is 41.1 Å². The van der Waals surface area contributed by atoms with Gasteiger partial charge in [0, 0.05) is 31.0 Å². The zero-order chi connectivity index (χ0) is 26.9. The third-order valence-corrected chi connectivity index (χ3v) is 8.34. The Labute approximate surface area is 221 Å². The van der Waals surface area contributed by atoms with Crippen LogP contribution in [0.3, 0.4) is 0 Å². The lowest BCUT2D eigenvalue weighted by Gasteiger charge is -2.40. The number of hydrogen-bond acceptors (Lipinski definition) is 6. The van der Waals surface area contributed by atoms with Crippen LogP contribution in [0, 0.1) is 23.2 Å². The van der Waals surface area contributed by atoms with Crippen LogP contribution in [-0.2, 0) is 6.54 Å². The molecule has 204 valence electrons. The Kier molecular flexibility index (Phi) is 7.49. The summed E-state index contributed by atoms with van der Waals surface area (Å²) < 4.78 is 34.6. The molecule has 2 fully saturated rings. The maximum absolute atomic E-state index is 13.8. The number of pyridine rings is 1. The van der Waals surface area contributed by atoms with Crippen LogP contribution < -0.4 is 10.6 Å². The lowest BCUT2D eigenvalue weighted by molar-refractivity contribution is 0.102. The van der Waals surface area contributed by atoms with E-state index < -0.39 is 18.0 Å². The number of nitrogens with one attached hydrogen (secondary N) is 2. The summed E-state index contributed by atoms with van der Waals surface area (Å²) in [6.07, 6.45) is 8.33. The molecule has 0 unspecified atom stereocenters. The first-order valence-corrected chi connectivity index (χ1v) is 13.5. The van der Waals surface area contributed by atoms with E-state index in [2.05, 4.69) is 46.5 Å². The van der Waals surface area contributed by atoms with Crippen molar-refractivity contribution in [1.82, 2.24) is 19.7 Å². The van der Waals surface area contributed by atoms with Gasteiger partial charge >= 0.3 is 0 Å². The molecule has 0 radical (unpaired) electrons.